The molecular weight excluding hydrogens is 487 g/mol. The van der Waals surface area contributed by atoms with E-state index in [1.54, 1.807) is 18.2 Å². The molecule has 4 aliphatic rings. The van der Waals surface area contributed by atoms with E-state index in [2.05, 4.69) is 22.1 Å². The topological polar surface area (TPSA) is 127 Å². The summed E-state index contributed by atoms with van der Waals surface area (Å²) >= 11 is 0. The number of benzene rings is 1. The Morgan fingerprint density at radius 3 is 2.83 bits per heavy atom. The lowest BCUT2D eigenvalue weighted by Gasteiger charge is -2.48. The first-order chi connectivity index (χ1) is 17.0. The van der Waals surface area contributed by atoms with Gasteiger partial charge in [-0.15, -0.1) is 0 Å². The highest BCUT2D eigenvalue weighted by molar-refractivity contribution is 7.89. The number of hydrazine groups is 1. The summed E-state index contributed by atoms with van der Waals surface area (Å²) in [5.41, 5.74) is 3.03. The van der Waals surface area contributed by atoms with Crippen molar-refractivity contribution in [2.24, 2.45) is 5.92 Å². The zero-order valence-electron chi connectivity index (χ0n) is 20.8. The van der Waals surface area contributed by atoms with E-state index < -0.39 is 39.4 Å². The molecule has 1 aromatic carbocycles. The lowest BCUT2D eigenvalue weighted by Crippen LogP contribution is -2.65. The number of amides is 1. The van der Waals surface area contributed by atoms with Crippen molar-refractivity contribution < 1.29 is 22.3 Å². The third-order valence-corrected chi connectivity index (χ3v) is 10.0. The fourth-order valence-electron chi connectivity index (χ4n) is 6.01. The van der Waals surface area contributed by atoms with Crippen LogP contribution in [0.25, 0.3) is 0 Å². The summed E-state index contributed by atoms with van der Waals surface area (Å²) < 4.78 is 48.2. The minimum absolute atomic E-state index is 0.0264. The third kappa shape index (κ3) is 3.97. The number of ether oxygens (including phenoxy) is 1. The van der Waals surface area contributed by atoms with Crippen LogP contribution in [-0.4, -0.2) is 72.9 Å². The van der Waals surface area contributed by atoms with Crippen LogP contribution in [0.3, 0.4) is 0 Å². The van der Waals surface area contributed by atoms with Crippen LogP contribution in [0.4, 0.5) is 10.1 Å². The molecule has 0 radical (unpaired) electrons. The van der Waals surface area contributed by atoms with Crippen LogP contribution in [0.2, 0.25) is 0 Å². The van der Waals surface area contributed by atoms with Gasteiger partial charge in [0.25, 0.3) is 0 Å². The summed E-state index contributed by atoms with van der Waals surface area (Å²) in [6, 6.07) is 6.94. The second kappa shape index (κ2) is 8.92. The van der Waals surface area contributed by atoms with Gasteiger partial charge in [0.1, 0.15) is 12.3 Å². The number of hydrogen-bond donors (Lipinski definition) is 3. The maximum atomic E-state index is 15.4. The van der Waals surface area contributed by atoms with Gasteiger partial charge in [0, 0.05) is 37.0 Å². The minimum atomic E-state index is -3.59. The average Bonchev–Trinajstić information content (AvgIpc) is 3.31. The molecule has 1 aromatic rings. The van der Waals surface area contributed by atoms with Crippen molar-refractivity contribution in [2.75, 3.05) is 25.1 Å². The Balaban J connectivity index is 1.45. The SMILES string of the molecule is CC(C)(C)N1Cc2cc(NC3NN([C@]4(CC#N)CCOC[C@@H]4F)C4CCNC(=O)C34)ccc2S1(=O)=O. The average molecular weight is 521 g/mol. The number of halogens is 1. The van der Waals surface area contributed by atoms with Gasteiger partial charge >= 0.3 is 0 Å². The summed E-state index contributed by atoms with van der Waals surface area (Å²) in [5.74, 6) is -0.664. The Hall–Kier alpha value is -2.30. The molecule has 3 unspecified atom stereocenters. The van der Waals surface area contributed by atoms with E-state index in [0.717, 1.165) is 0 Å². The monoisotopic (exact) mass is 520 g/mol. The summed E-state index contributed by atoms with van der Waals surface area (Å²) in [7, 11) is -3.59. The highest BCUT2D eigenvalue weighted by atomic mass is 32.2. The molecule has 4 aliphatic heterocycles. The predicted molar refractivity (Wildman–Crippen MR) is 130 cm³/mol. The van der Waals surface area contributed by atoms with Crippen LogP contribution in [0.5, 0.6) is 0 Å². The minimum Gasteiger partial charge on any atom is -0.378 e. The maximum Gasteiger partial charge on any atom is 0.244 e. The molecule has 0 aromatic heterocycles. The number of rotatable bonds is 4. The Morgan fingerprint density at radius 2 is 2.14 bits per heavy atom. The molecule has 0 bridgehead atoms. The number of anilines is 1. The normalized spacial score (nSPS) is 34.5. The van der Waals surface area contributed by atoms with Crippen LogP contribution in [-0.2, 0) is 26.1 Å². The van der Waals surface area contributed by atoms with Crippen molar-refractivity contribution in [3.05, 3.63) is 23.8 Å². The molecule has 0 spiro atoms. The van der Waals surface area contributed by atoms with Gasteiger partial charge < -0.3 is 15.4 Å². The molecule has 12 heteroatoms. The van der Waals surface area contributed by atoms with Gasteiger partial charge in [-0.25, -0.2) is 23.2 Å². The lowest BCUT2D eigenvalue weighted by molar-refractivity contribution is -0.133. The van der Waals surface area contributed by atoms with Gasteiger partial charge in [-0.05, 0) is 57.4 Å². The molecule has 10 nitrogen and oxygen atoms in total. The molecule has 1 amide bonds. The van der Waals surface area contributed by atoms with E-state index in [1.165, 1.54) is 4.31 Å². The van der Waals surface area contributed by atoms with Gasteiger partial charge in [-0.1, -0.05) is 0 Å². The number of piperidine rings is 1. The van der Waals surface area contributed by atoms with Crippen LogP contribution >= 0.6 is 0 Å². The molecule has 36 heavy (non-hydrogen) atoms. The molecular formula is C24H33FN6O4S. The van der Waals surface area contributed by atoms with E-state index in [9.17, 15) is 18.5 Å². The molecule has 3 N–H and O–H groups in total. The molecule has 0 saturated carbocycles. The van der Waals surface area contributed by atoms with E-state index in [1.807, 2.05) is 25.8 Å². The first-order valence-electron chi connectivity index (χ1n) is 12.3. The number of carbonyl (C=O) groups excluding carboxylic acids is 1. The summed E-state index contributed by atoms with van der Waals surface area (Å²) in [6.45, 7) is 6.57. The van der Waals surface area contributed by atoms with Crippen LogP contribution < -0.4 is 16.1 Å². The molecule has 0 aliphatic carbocycles. The largest absolute Gasteiger partial charge is 0.378 e. The number of carbonyl (C=O) groups is 1. The molecule has 196 valence electrons. The highest BCUT2D eigenvalue weighted by Gasteiger charge is 2.58. The first kappa shape index (κ1) is 25.4. The zero-order valence-corrected chi connectivity index (χ0v) is 21.6. The fourth-order valence-corrected chi connectivity index (χ4v) is 7.97. The summed E-state index contributed by atoms with van der Waals surface area (Å²) in [4.78, 5) is 13.3. The van der Waals surface area contributed by atoms with E-state index in [0.29, 0.717) is 37.2 Å². The van der Waals surface area contributed by atoms with Crippen molar-refractivity contribution in [2.45, 2.75) is 80.9 Å². The van der Waals surface area contributed by atoms with Gasteiger partial charge in [0.2, 0.25) is 15.9 Å². The Kier molecular flexibility index (Phi) is 6.28. The number of hydrogen-bond acceptors (Lipinski definition) is 8. The Bertz CT molecular complexity index is 1200. The highest BCUT2D eigenvalue weighted by Crippen LogP contribution is 2.42. The van der Waals surface area contributed by atoms with Gasteiger partial charge in [0.15, 0.2) is 0 Å². The quantitative estimate of drug-likeness (QED) is 0.545. The summed E-state index contributed by atoms with van der Waals surface area (Å²) in [6.07, 6.45) is -1.01. The number of alkyl halides is 1. The van der Waals surface area contributed by atoms with Crippen LogP contribution in [0.15, 0.2) is 23.1 Å². The predicted octanol–water partition coefficient (Wildman–Crippen LogP) is 1.46. The molecule has 4 heterocycles. The van der Waals surface area contributed by atoms with Crippen molar-refractivity contribution >= 4 is 21.6 Å². The standard InChI is InChI=1S/C24H33FN6O4S/c1-23(2,3)30-13-15-12-16(4-5-18(15)36(30,33)34)28-21-20-17(6-10-27-22(20)32)31(29-21)24(7-9-26)8-11-35-14-19(24)25/h4-5,12,17,19-21,28-29H,6-8,10-11,13-14H2,1-3H3,(H,27,32)/t17?,19-,20?,21?,24+/m0/s1. The van der Waals surface area contributed by atoms with Crippen molar-refractivity contribution in [1.82, 2.24) is 20.1 Å². The Labute approximate surface area is 211 Å². The maximum absolute atomic E-state index is 15.4. The second-order valence-corrected chi connectivity index (χ2v) is 12.9. The van der Waals surface area contributed by atoms with E-state index >= 15 is 4.39 Å². The molecule has 3 saturated heterocycles. The third-order valence-electron chi connectivity index (χ3n) is 7.83. The molecule has 3 fully saturated rings. The number of nitrogens with zero attached hydrogens (tertiary/aromatic N) is 3. The lowest BCUT2D eigenvalue weighted by atomic mass is 9.81. The number of sulfonamides is 1. The zero-order chi connectivity index (χ0) is 25.9. The van der Waals surface area contributed by atoms with Crippen LogP contribution in [0.1, 0.15) is 45.6 Å². The fraction of sp³-hybridized carbons (Fsp3) is 0.667. The molecule has 5 atom stereocenters. The first-order valence-corrected chi connectivity index (χ1v) is 13.8. The van der Waals surface area contributed by atoms with Crippen LogP contribution in [0, 0.1) is 17.2 Å². The number of nitrogens with one attached hydrogen (secondary N) is 3. The number of fused-ring (bicyclic) bond motifs is 2. The number of nitriles is 1. The van der Waals surface area contributed by atoms with Gasteiger partial charge in [0.05, 0.1) is 35.4 Å². The van der Waals surface area contributed by atoms with Crippen molar-refractivity contribution in [3.8, 4) is 6.07 Å². The Morgan fingerprint density at radius 1 is 1.36 bits per heavy atom. The van der Waals surface area contributed by atoms with Crippen molar-refractivity contribution in [3.63, 3.8) is 0 Å². The van der Waals surface area contributed by atoms with E-state index in [-0.39, 0.29) is 36.4 Å². The van der Waals surface area contributed by atoms with Crippen molar-refractivity contribution in [1.29, 1.82) is 5.26 Å². The summed E-state index contributed by atoms with van der Waals surface area (Å²) in [5, 5.41) is 17.6. The van der Waals surface area contributed by atoms with Gasteiger partial charge in [-0.3, -0.25) is 4.79 Å². The second-order valence-electron chi connectivity index (χ2n) is 11.0. The smallest absolute Gasteiger partial charge is 0.244 e. The molecule has 5 rings (SSSR count). The van der Waals surface area contributed by atoms with Gasteiger partial charge in [-0.2, -0.15) is 9.57 Å². The van der Waals surface area contributed by atoms with E-state index in [4.69, 9.17) is 4.74 Å².